The number of nitrogens with one attached hydrogen (secondary N) is 1. The number of nitriles is 1. The molecule has 0 bridgehead atoms. The van der Waals surface area contributed by atoms with Crippen molar-refractivity contribution in [1.29, 1.82) is 5.26 Å². The van der Waals surface area contributed by atoms with Crippen molar-refractivity contribution in [3.8, 4) is 22.9 Å². The van der Waals surface area contributed by atoms with E-state index in [4.69, 9.17) is 15.7 Å². The Morgan fingerprint density at radius 3 is 2.68 bits per heavy atom. The molecule has 0 saturated heterocycles. The Morgan fingerprint density at radius 2 is 2.05 bits per heavy atom. The predicted octanol–water partition coefficient (Wildman–Crippen LogP) is 1.81. The molecule has 0 spiro atoms. The summed E-state index contributed by atoms with van der Waals surface area (Å²) in [7, 11) is 1.54. The van der Waals surface area contributed by atoms with Crippen molar-refractivity contribution >= 4 is 5.82 Å². The van der Waals surface area contributed by atoms with Gasteiger partial charge in [0.2, 0.25) is 0 Å². The maximum Gasteiger partial charge on any atom is 0.268 e. The average molecular weight is 255 g/mol. The minimum Gasteiger partial charge on any atom is -0.496 e. The van der Waals surface area contributed by atoms with Crippen LogP contribution in [0, 0.1) is 18.3 Å². The number of rotatable bonds is 2. The number of nitrogen functional groups attached to an aromatic ring is 1. The van der Waals surface area contributed by atoms with Crippen LogP contribution >= 0.6 is 0 Å². The molecule has 0 aliphatic heterocycles. The van der Waals surface area contributed by atoms with Gasteiger partial charge in [0.05, 0.1) is 7.11 Å². The van der Waals surface area contributed by atoms with Gasteiger partial charge in [-0.05, 0) is 25.1 Å². The molecule has 0 aliphatic carbocycles. The van der Waals surface area contributed by atoms with Crippen molar-refractivity contribution < 1.29 is 4.74 Å². The van der Waals surface area contributed by atoms with Crippen LogP contribution in [-0.2, 0) is 0 Å². The first-order valence-corrected chi connectivity index (χ1v) is 5.64. The Balaban J connectivity index is 2.82. The number of aromatic amines is 1. The van der Waals surface area contributed by atoms with E-state index in [0.717, 1.165) is 5.56 Å². The monoisotopic (exact) mass is 255 g/mol. The fraction of sp³-hybridized carbons (Fsp3) is 0.143. The zero-order valence-electron chi connectivity index (χ0n) is 10.7. The molecule has 1 aromatic carbocycles. The highest BCUT2D eigenvalue weighted by atomic mass is 16.5. The van der Waals surface area contributed by atoms with Crippen LogP contribution in [0.4, 0.5) is 5.82 Å². The summed E-state index contributed by atoms with van der Waals surface area (Å²) >= 11 is 0. The average Bonchev–Trinajstić information content (AvgIpc) is 2.37. The summed E-state index contributed by atoms with van der Waals surface area (Å²) in [6, 6.07) is 9.02. The number of aryl methyl sites for hydroxylation is 1. The van der Waals surface area contributed by atoms with Crippen molar-refractivity contribution in [2.75, 3.05) is 12.8 Å². The Morgan fingerprint density at radius 1 is 1.32 bits per heavy atom. The molecule has 2 aromatic rings. The van der Waals surface area contributed by atoms with Gasteiger partial charge in [-0.25, -0.2) is 0 Å². The molecule has 1 aromatic heterocycles. The third kappa shape index (κ3) is 2.29. The number of anilines is 1. The number of benzene rings is 1. The summed E-state index contributed by atoms with van der Waals surface area (Å²) in [4.78, 5) is 14.2. The van der Waals surface area contributed by atoms with Gasteiger partial charge in [-0.15, -0.1) is 0 Å². The van der Waals surface area contributed by atoms with Crippen LogP contribution in [-0.4, -0.2) is 12.1 Å². The Labute approximate surface area is 110 Å². The highest BCUT2D eigenvalue weighted by Gasteiger charge is 2.14. The van der Waals surface area contributed by atoms with Gasteiger partial charge in [0.25, 0.3) is 5.56 Å². The van der Waals surface area contributed by atoms with Gasteiger partial charge in [0.15, 0.2) is 0 Å². The molecule has 0 radical (unpaired) electrons. The van der Waals surface area contributed by atoms with Crippen molar-refractivity contribution in [3.63, 3.8) is 0 Å². The number of methoxy groups -OCH3 is 1. The molecule has 5 nitrogen and oxygen atoms in total. The molecule has 0 unspecified atom stereocenters. The molecule has 0 amide bonds. The van der Waals surface area contributed by atoms with E-state index in [1.807, 2.05) is 25.1 Å². The van der Waals surface area contributed by atoms with Gasteiger partial charge < -0.3 is 15.5 Å². The highest BCUT2D eigenvalue weighted by molar-refractivity contribution is 5.77. The molecule has 5 heteroatoms. The van der Waals surface area contributed by atoms with E-state index in [2.05, 4.69) is 4.98 Å². The Hall–Kier alpha value is -2.74. The molecule has 3 N–H and O–H groups in total. The second kappa shape index (κ2) is 4.86. The summed E-state index contributed by atoms with van der Waals surface area (Å²) in [5.41, 5.74) is 7.32. The largest absolute Gasteiger partial charge is 0.496 e. The van der Waals surface area contributed by atoms with Gasteiger partial charge in [-0.2, -0.15) is 5.26 Å². The van der Waals surface area contributed by atoms with Crippen LogP contribution in [0.1, 0.15) is 11.1 Å². The van der Waals surface area contributed by atoms with E-state index in [0.29, 0.717) is 16.9 Å². The lowest BCUT2D eigenvalue weighted by Crippen LogP contribution is -2.13. The summed E-state index contributed by atoms with van der Waals surface area (Å²) in [5.74, 6) is 0.801. The quantitative estimate of drug-likeness (QED) is 0.856. The molecule has 1 heterocycles. The maximum absolute atomic E-state index is 11.8. The molecule has 0 fully saturated rings. The van der Waals surface area contributed by atoms with E-state index >= 15 is 0 Å². The number of nitrogens with two attached hydrogens (primary N) is 1. The Kier molecular flexibility index (Phi) is 3.25. The fourth-order valence-electron chi connectivity index (χ4n) is 1.94. The third-order valence-corrected chi connectivity index (χ3v) is 2.81. The third-order valence-electron chi connectivity index (χ3n) is 2.81. The molecule has 2 rings (SSSR count). The molecule has 0 saturated carbocycles. The van der Waals surface area contributed by atoms with E-state index in [1.165, 1.54) is 7.11 Å². The van der Waals surface area contributed by atoms with Crippen molar-refractivity contribution in [3.05, 3.63) is 45.7 Å². The van der Waals surface area contributed by atoms with Gasteiger partial charge in [0.1, 0.15) is 23.2 Å². The molecule has 0 aliphatic rings. The maximum atomic E-state index is 11.8. The zero-order chi connectivity index (χ0) is 14.0. The van der Waals surface area contributed by atoms with E-state index in [1.54, 1.807) is 12.1 Å². The van der Waals surface area contributed by atoms with Gasteiger partial charge in [-0.1, -0.05) is 11.6 Å². The van der Waals surface area contributed by atoms with E-state index in [9.17, 15) is 4.79 Å². The van der Waals surface area contributed by atoms with Crippen molar-refractivity contribution in [2.45, 2.75) is 6.92 Å². The fourth-order valence-corrected chi connectivity index (χ4v) is 1.94. The van der Waals surface area contributed by atoms with Gasteiger partial charge >= 0.3 is 0 Å². The normalized spacial score (nSPS) is 9.95. The van der Waals surface area contributed by atoms with Crippen LogP contribution in [0.2, 0.25) is 0 Å². The summed E-state index contributed by atoms with van der Waals surface area (Å²) < 4.78 is 5.27. The van der Waals surface area contributed by atoms with Crippen LogP contribution < -0.4 is 16.0 Å². The molecule has 96 valence electrons. The topological polar surface area (TPSA) is 91.9 Å². The van der Waals surface area contributed by atoms with Crippen molar-refractivity contribution in [1.82, 2.24) is 4.98 Å². The molecular weight excluding hydrogens is 242 g/mol. The first-order chi connectivity index (χ1) is 9.06. The summed E-state index contributed by atoms with van der Waals surface area (Å²) in [5, 5.41) is 9.13. The van der Waals surface area contributed by atoms with Crippen LogP contribution in [0.5, 0.6) is 5.75 Å². The SMILES string of the molecule is COc1ccc(C)cc1-c1cc(N)[nH]c(=O)c1C#N. The summed E-state index contributed by atoms with van der Waals surface area (Å²) in [6.07, 6.45) is 0. The minimum absolute atomic E-state index is 0.0260. The number of aromatic nitrogens is 1. The van der Waals surface area contributed by atoms with Gasteiger partial charge in [0, 0.05) is 11.1 Å². The number of hydrogen-bond acceptors (Lipinski definition) is 4. The number of H-pyrrole nitrogens is 1. The lowest BCUT2D eigenvalue weighted by molar-refractivity contribution is 0.416. The summed E-state index contributed by atoms with van der Waals surface area (Å²) in [6.45, 7) is 1.92. The second-order valence-corrected chi connectivity index (χ2v) is 4.16. The van der Waals surface area contributed by atoms with E-state index < -0.39 is 5.56 Å². The number of pyridine rings is 1. The molecule has 19 heavy (non-hydrogen) atoms. The lowest BCUT2D eigenvalue weighted by atomic mass is 9.99. The smallest absolute Gasteiger partial charge is 0.268 e. The molecular formula is C14H13N3O2. The standard InChI is InChI=1S/C14H13N3O2/c1-8-3-4-12(19-2)10(5-8)9-6-13(16)17-14(18)11(9)7-15/h3-6H,1-2H3,(H3,16,17,18). The van der Waals surface area contributed by atoms with Crippen LogP contribution in [0.3, 0.4) is 0 Å². The van der Waals surface area contributed by atoms with Crippen LogP contribution in [0.25, 0.3) is 11.1 Å². The van der Waals surface area contributed by atoms with E-state index in [-0.39, 0.29) is 11.4 Å². The first-order valence-electron chi connectivity index (χ1n) is 5.64. The predicted molar refractivity (Wildman–Crippen MR) is 72.9 cm³/mol. The lowest BCUT2D eigenvalue weighted by Gasteiger charge is -2.11. The Bertz CT molecular complexity index is 726. The second-order valence-electron chi connectivity index (χ2n) is 4.16. The van der Waals surface area contributed by atoms with Crippen molar-refractivity contribution in [2.24, 2.45) is 0 Å². The molecule has 0 atom stereocenters. The number of nitrogens with zero attached hydrogens (tertiary/aromatic N) is 1. The highest BCUT2D eigenvalue weighted by Crippen LogP contribution is 2.32. The van der Waals surface area contributed by atoms with Gasteiger partial charge in [-0.3, -0.25) is 4.79 Å². The number of ether oxygens (including phenoxy) is 1. The number of hydrogen-bond donors (Lipinski definition) is 2. The minimum atomic E-state index is -0.499. The zero-order valence-corrected chi connectivity index (χ0v) is 10.7. The first kappa shape index (κ1) is 12.7. The van der Waals surface area contributed by atoms with Crippen LogP contribution in [0.15, 0.2) is 29.1 Å².